The Labute approximate surface area is 157 Å². The first-order valence-electron chi connectivity index (χ1n) is 8.31. The highest BCUT2D eigenvalue weighted by atomic mass is 16.5. The molecule has 1 unspecified atom stereocenters. The van der Waals surface area contributed by atoms with Gasteiger partial charge < -0.3 is 30.1 Å². The van der Waals surface area contributed by atoms with E-state index in [1.54, 1.807) is 37.3 Å². The maximum Gasteiger partial charge on any atom is 0.251 e. The molecule has 0 saturated carbocycles. The molecule has 1 aliphatic heterocycles. The highest BCUT2D eigenvalue weighted by molar-refractivity contribution is 5.89. The van der Waals surface area contributed by atoms with Gasteiger partial charge in [-0.05, 0) is 24.6 Å². The van der Waals surface area contributed by atoms with Crippen LogP contribution in [0.4, 0.5) is 0 Å². The van der Waals surface area contributed by atoms with Crippen molar-refractivity contribution >= 4 is 12.0 Å². The van der Waals surface area contributed by atoms with Crippen molar-refractivity contribution in [3.05, 3.63) is 65.1 Å². The van der Waals surface area contributed by atoms with Gasteiger partial charge in [0.1, 0.15) is 5.76 Å². The lowest BCUT2D eigenvalue weighted by molar-refractivity contribution is -0.125. The number of rotatable bonds is 6. The van der Waals surface area contributed by atoms with Gasteiger partial charge in [-0.15, -0.1) is 0 Å². The number of aromatic hydroxyl groups is 1. The van der Waals surface area contributed by atoms with E-state index in [0.29, 0.717) is 11.3 Å². The van der Waals surface area contributed by atoms with Crippen molar-refractivity contribution in [3.63, 3.8) is 0 Å². The predicted octanol–water partition coefficient (Wildman–Crippen LogP) is 1.88. The molecule has 7 heteroatoms. The van der Waals surface area contributed by atoms with Crippen LogP contribution in [0.25, 0.3) is 6.08 Å². The highest BCUT2D eigenvalue weighted by Crippen LogP contribution is 2.27. The molecule has 2 rings (SSSR count). The lowest BCUT2D eigenvalue weighted by Gasteiger charge is -2.31. The number of carbonyl (C=O) groups is 1. The van der Waals surface area contributed by atoms with Crippen LogP contribution in [0.2, 0.25) is 0 Å². The van der Waals surface area contributed by atoms with Gasteiger partial charge in [-0.3, -0.25) is 4.79 Å². The molecule has 0 aliphatic carbocycles. The molecule has 7 nitrogen and oxygen atoms in total. The Kier molecular flexibility index (Phi) is 6.81. The van der Waals surface area contributed by atoms with E-state index in [0.717, 1.165) is 5.56 Å². The van der Waals surface area contributed by atoms with Crippen molar-refractivity contribution in [2.24, 2.45) is 0 Å². The highest BCUT2D eigenvalue weighted by Gasteiger charge is 2.28. The second-order valence-electron chi connectivity index (χ2n) is 5.91. The van der Waals surface area contributed by atoms with Crippen LogP contribution >= 0.6 is 0 Å². The van der Waals surface area contributed by atoms with Crippen LogP contribution in [-0.2, 0) is 4.79 Å². The number of amides is 1. The first kappa shape index (κ1) is 20.3. The smallest absolute Gasteiger partial charge is 0.251 e. The standard InChI is InChI=1S/C20H23NO6/c1-13-20(26)16(12-23)15(11-22)10-21(13)19(25)6-4-3-5-14-7-8-17(24)18(9-14)27-2/h3-10,13,22-24,26H,11-12H2,1-2H3. The van der Waals surface area contributed by atoms with E-state index < -0.39 is 19.3 Å². The molecule has 144 valence electrons. The molecule has 0 spiro atoms. The Morgan fingerprint density at radius 3 is 2.59 bits per heavy atom. The molecule has 1 aromatic rings. The molecule has 0 saturated heterocycles. The average molecular weight is 373 g/mol. The van der Waals surface area contributed by atoms with Crippen LogP contribution in [0.15, 0.2) is 59.5 Å². The van der Waals surface area contributed by atoms with Gasteiger partial charge in [-0.1, -0.05) is 24.3 Å². The van der Waals surface area contributed by atoms with Crippen molar-refractivity contribution < 1.29 is 30.0 Å². The lowest BCUT2D eigenvalue weighted by atomic mass is 9.99. The molecule has 0 radical (unpaired) electrons. The van der Waals surface area contributed by atoms with Gasteiger partial charge in [0, 0.05) is 23.4 Å². The third kappa shape index (κ3) is 4.58. The Morgan fingerprint density at radius 2 is 1.96 bits per heavy atom. The molecular weight excluding hydrogens is 350 g/mol. The fourth-order valence-electron chi connectivity index (χ4n) is 2.67. The Bertz CT molecular complexity index is 822. The number of hydrogen-bond acceptors (Lipinski definition) is 6. The number of methoxy groups -OCH3 is 1. The van der Waals surface area contributed by atoms with Crippen LogP contribution in [0, 0.1) is 0 Å². The molecule has 1 aliphatic rings. The molecule has 1 aromatic carbocycles. The van der Waals surface area contributed by atoms with Gasteiger partial charge in [0.25, 0.3) is 5.91 Å². The van der Waals surface area contributed by atoms with Crippen molar-refractivity contribution in [3.8, 4) is 11.5 Å². The summed E-state index contributed by atoms with van der Waals surface area (Å²) in [5.74, 6) is -0.133. The summed E-state index contributed by atoms with van der Waals surface area (Å²) >= 11 is 0. The minimum atomic E-state index is -0.648. The van der Waals surface area contributed by atoms with Gasteiger partial charge in [0.2, 0.25) is 0 Å². The number of aliphatic hydroxyl groups excluding tert-OH is 3. The predicted molar refractivity (Wildman–Crippen MR) is 101 cm³/mol. The summed E-state index contributed by atoms with van der Waals surface area (Å²) < 4.78 is 5.03. The molecule has 0 fully saturated rings. The fourth-order valence-corrected chi connectivity index (χ4v) is 2.67. The summed E-state index contributed by atoms with van der Waals surface area (Å²) in [6.07, 6.45) is 7.69. The normalized spacial score (nSPS) is 17.7. The van der Waals surface area contributed by atoms with Crippen LogP contribution in [0.3, 0.4) is 0 Å². The van der Waals surface area contributed by atoms with Crippen molar-refractivity contribution in [1.29, 1.82) is 0 Å². The monoisotopic (exact) mass is 373 g/mol. The van der Waals surface area contributed by atoms with Gasteiger partial charge in [0.05, 0.1) is 26.4 Å². The SMILES string of the molecule is COc1cc(C=CC=CC(=O)N2C=C(CO)C(CO)=C(O)C2C)ccc1O. The molecule has 4 N–H and O–H groups in total. The summed E-state index contributed by atoms with van der Waals surface area (Å²) in [6.45, 7) is 0.808. The van der Waals surface area contributed by atoms with Crippen LogP contribution in [0.5, 0.6) is 11.5 Å². The first-order chi connectivity index (χ1) is 12.9. The number of phenols is 1. The largest absolute Gasteiger partial charge is 0.510 e. The third-order valence-electron chi connectivity index (χ3n) is 4.23. The number of benzene rings is 1. The van der Waals surface area contributed by atoms with Gasteiger partial charge >= 0.3 is 0 Å². The van der Waals surface area contributed by atoms with E-state index in [-0.39, 0.29) is 23.0 Å². The molecule has 1 heterocycles. The van der Waals surface area contributed by atoms with Crippen LogP contribution < -0.4 is 4.74 Å². The molecule has 1 amide bonds. The van der Waals surface area contributed by atoms with E-state index >= 15 is 0 Å². The summed E-state index contributed by atoms with van der Waals surface area (Å²) in [4.78, 5) is 13.7. The minimum Gasteiger partial charge on any atom is -0.510 e. The van der Waals surface area contributed by atoms with E-state index in [1.165, 1.54) is 30.4 Å². The topological polar surface area (TPSA) is 110 Å². The number of carbonyl (C=O) groups excluding carboxylic acids is 1. The first-order valence-corrected chi connectivity index (χ1v) is 8.31. The minimum absolute atomic E-state index is 0.0426. The summed E-state index contributed by atoms with van der Waals surface area (Å²) in [7, 11) is 1.46. The number of aliphatic hydroxyl groups is 3. The number of allylic oxidation sites excluding steroid dienone is 2. The zero-order valence-electron chi connectivity index (χ0n) is 15.2. The lowest BCUT2D eigenvalue weighted by Crippen LogP contribution is -2.38. The van der Waals surface area contributed by atoms with E-state index in [4.69, 9.17) is 4.74 Å². The molecular formula is C20H23NO6. The molecule has 1 atom stereocenters. The van der Waals surface area contributed by atoms with E-state index in [1.807, 2.05) is 0 Å². The fraction of sp³-hybridized carbons (Fsp3) is 0.250. The number of hydrogen-bond donors (Lipinski definition) is 4. The average Bonchev–Trinajstić information content (AvgIpc) is 2.67. The summed E-state index contributed by atoms with van der Waals surface area (Å²) in [6, 6.07) is 4.22. The van der Waals surface area contributed by atoms with Crippen molar-refractivity contribution in [1.82, 2.24) is 4.90 Å². The van der Waals surface area contributed by atoms with Crippen LogP contribution in [0.1, 0.15) is 12.5 Å². The van der Waals surface area contributed by atoms with Gasteiger partial charge in [0.15, 0.2) is 11.5 Å². The second-order valence-corrected chi connectivity index (χ2v) is 5.91. The summed E-state index contributed by atoms with van der Waals surface area (Å²) in [5.41, 5.74) is 1.31. The van der Waals surface area contributed by atoms with E-state index in [9.17, 15) is 25.2 Å². The number of phenolic OH excluding ortho intramolecular Hbond substituents is 1. The third-order valence-corrected chi connectivity index (χ3v) is 4.23. The summed E-state index contributed by atoms with van der Waals surface area (Å²) in [5, 5.41) is 38.4. The quantitative estimate of drug-likeness (QED) is 0.448. The van der Waals surface area contributed by atoms with Crippen molar-refractivity contribution in [2.75, 3.05) is 20.3 Å². The molecule has 0 aromatic heterocycles. The maximum absolute atomic E-state index is 12.4. The van der Waals surface area contributed by atoms with E-state index in [2.05, 4.69) is 0 Å². The van der Waals surface area contributed by atoms with Crippen molar-refractivity contribution in [2.45, 2.75) is 13.0 Å². The second kappa shape index (κ2) is 9.07. The molecule has 27 heavy (non-hydrogen) atoms. The molecule has 0 bridgehead atoms. The Morgan fingerprint density at radius 1 is 1.22 bits per heavy atom. The van der Waals surface area contributed by atoms with Gasteiger partial charge in [-0.2, -0.15) is 0 Å². The van der Waals surface area contributed by atoms with Gasteiger partial charge in [-0.25, -0.2) is 0 Å². The zero-order valence-corrected chi connectivity index (χ0v) is 15.2. The van der Waals surface area contributed by atoms with Crippen LogP contribution in [-0.4, -0.2) is 57.6 Å². The zero-order chi connectivity index (χ0) is 20.0. The number of nitrogens with zero attached hydrogens (tertiary/aromatic N) is 1. The Hall–Kier alpha value is -3.03. The Balaban J connectivity index is 2.10. The maximum atomic E-state index is 12.4. The number of ether oxygens (including phenoxy) is 1.